The maximum Gasteiger partial charge on any atom is 0.0542 e. The van der Waals surface area contributed by atoms with Gasteiger partial charge < -0.3 is 5.73 Å². The Balaban J connectivity index is 1.97. The maximum absolute atomic E-state index is 12.4. The lowest BCUT2D eigenvalue weighted by Gasteiger charge is -2.26. The quantitative estimate of drug-likeness (QED) is 0.910. The summed E-state index contributed by atoms with van der Waals surface area (Å²) in [6.07, 6.45) is 6.51. The fraction of sp³-hybridized carbons (Fsp3) is 0.643. The molecule has 18 heavy (non-hydrogen) atoms. The number of pyridine rings is 1. The van der Waals surface area contributed by atoms with Crippen LogP contribution < -0.4 is 5.73 Å². The first-order valence-corrected chi connectivity index (χ1v) is 8.08. The topological polar surface area (TPSA) is 56.0 Å². The van der Waals surface area contributed by atoms with Gasteiger partial charge in [0.1, 0.15) is 0 Å². The van der Waals surface area contributed by atoms with Crippen LogP contribution in [-0.4, -0.2) is 14.4 Å². The molecule has 0 saturated heterocycles. The molecule has 0 bridgehead atoms. The SMILES string of the molecule is CC1CCCC(S(=O)Cc2ccnc(CN)c2)C1. The molecule has 0 aromatic carbocycles. The summed E-state index contributed by atoms with van der Waals surface area (Å²) in [7, 11) is -0.757. The molecule has 1 aromatic heterocycles. The summed E-state index contributed by atoms with van der Waals surface area (Å²) in [4.78, 5) is 4.17. The van der Waals surface area contributed by atoms with E-state index >= 15 is 0 Å². The smallest absolute Gasteiger partial charge is 0.0542 e. The average Bonchev–Trinajstić information content (AvgIpc) is 2.39. The van der Waals surface area contributed by atoms with Gasteiger partial charge in [0.15, 0.2) is 0 Å². The fourth-order valence-corrected chi connectivity index (χ4v) is 4.35. The Bertz CT molecular complexity index is 422. The molecule has 0 radical (unpaired) electrons. The van der Waals surface area contributed by atoms with Crippen LogP contribution in [0.5, 0.6) is 0 Å². The molecular formula is C14H22N2OS. The molecule has 2 N–H and O–H groups in total. The fourth-order valence-electron chi connectivity index (χ4n) is 2.63. The minimum absolute atomic E-state index is 0.378. The molecule has 4 heteroatoms. The Labute approximate surface area is 112 Å². The van der Waals surface area contributed by atoms with Gasteiger partial charge in [-0.1, -0.05) is 19.8 Å². The third-order valence-corrected chi connectivity index (χ3v) is 5.45. The van der Waals surface area contributed by atoms with Crippen LogP contribution in [0.4, 0.5) is 0 Å². The first kappa shape index (κ1) is 13.7. The molecule has 1 fully saturated rings. The zero-order chi connectivity index (χ0) is 13.0. The highest BCUT2D eigenvalue weighted by atomic mass is 32.2. The van der Waals surface area contributed by atoms with E-state index in [1.165, 1.54) is 12.8 Å². The van der Waals surface area contributed by atoms with Crippen LogP contribution in [0.3, 0.4) is 0 Å². The Hall–Kier alpha value is -0.740. The molecule has 0 spiro atoms. The van der Waals surface area contributed by atoms with Gasteiger partial charge in [0.05, 0.1) is 5.69 Å². The summed E-state index contributed by atoms with van der Waals surface area (Å²) >= 11 is 0. The highest BCUT2D eigenvalue weighted by molar-refractivity contribution is 7.84. The lowest BCUT2D eigenvalue weighted by molar-refractivity contribution is 0.389. The third-order valence-electron chi connectivity index (χ3n) is 3.66. The highest BCUT2D eigenvalue weighted by Gasteiger charge is 2.23. The summed E-state index contributed by atoms with van der Waals surface area (Å²) in [6.45, 7) is 2.71. The van der Waals surface area contributed by atoms with E-state index < -0.39 is 10.8 Å². The van der Waals surface area contributed by atoms with Gasteiger partial charge in [-0.25, -0.2) is 0 Å². The van der Waals surface area contributed by atoms with E-state index in [2.05, 4.69) is 11.9 Å². The van der Waals surface area contributed by atoms with E-state index in [1.807, 2.05) is 12.1 Å². The van der Waals surface area contributed by atoms with Crippen molar-refractivity contribution in [2.45, 2.75) is 50.2 Å². The molecule has 3 nitrogen and oxygen atoms in total. The summed E-state index contributed by atoms with van der Waals surface area (Å²) in [6, 6.07) is 3.92. The largest absolute Gasteiger partial charge is 0.325 e. The van der Waals surface area contributed by atoms with Gasteiger partial charge in [0.25, 0.3) is 0 Å². The second kappa shape index (κ2) is 6.43. The van der Waals surface area contributed by atoms with E-state index in [9.17, 15) is 4.21 Å². The van der Waals surface area contributed by atoms with Crippen LogP contribution in [0.25, 0.3) is 0 Å². The number of nitrogens with two attached hydrogens (primary N) is 1. The Morgan fingerprint density at radius 3 is 3.06 bits per heavy atom. The van der Waals surface area contributed by atoms with Crippen LogP contribution in [0.2, 0.25) is 0 Å². The molecule has 2 rings (SSSR count). The molecule has 1 aromatic rings. The number of rotatable bonds is 4. The van der Waals surface area contributed by atoms with Gasteiger partial charge in [0, 0.05) is 34.5 Å². The Morgan fingerprint density at radius 2 is 2.33 bits per heavy atom. The van der Waals surface area contributed by atoms with E-state index in [4.69, 9.17) is 5.73 Å². The number of aromatic nitrogens is 1. The Morgan fingerprint density at radius 1 is 1.50 bits per heavy atom. The second-order valence-corrected chi connectivity index (χ2v) is 7.00. The molecule has 100 valence electrons. The second-order valence-electron chi connectivity index (χ2n) is 5.28. The van der Waals surface area contributed by atoms with Crippen molar-refractivity contribution in [2.24, 2.45) is 11.7 Å². The summed E-state index contributed by atoms with van der Waals surface area (Å²) in [5.74, 6) is 1.37. The highest BCUT2D eigenvalue weighted by Crippen LogP contribution is 2.28. The standard InChI is InChI=1S/C14H22N2OS/c1-11-3-2-4-14(7-11)18(17)10-12-5-6-16-13(8-12)9-15/h5-6,8,11,14H,2-4,7,9-10,15H2,1H3. The van der Waals surface area contributed by atoms with Crippen molar-refractivity contribution >= 4 is 10.8 Å². The van der Waals surface area contributed by atoms with Crippen molar-refractivity contribution in [1.82, 2.24) is 4.98 Å². The van der Waals surface area contributed by atoms with Crippen molar-refractivity contribution in [2.75, 3.05) is 0 Å². The van der Waals surface area contributed by atoms with E-state index in [0.29, 0.717) is 17.5 Å². The van der Waals surface area contributed by atoms with Crippen LogP contribution in [0, 0.1) is 5.92 Å². The van der Waals surface area contributed by atoms with Gasteiger partial charge in [-0.05, 0) is 36.5 Å². The summed E-state index contributed by atoms with van der Waals surface area (Å²) in [5.41, 5.74) is 7.55. The monoisotopic (exact) mass is 266 g/mol. The lowest BCUT2D eigenvalue weighted by atomic mass is 9.91. The summed E-state index contributed by atoms with van der Waals surface area (Å²) < 4.78 is 12.4. The zero-order valence-corrected chi connectivity index (χ0v) is 11.8. The van der Waals surface area contributed by atoms with Crippen LogP contribution in [0.15, 0.2) is 18.3 Å². The van der Waals surface area contributed by atoms with E-state index in [1.54, 1.807) is 6.20 Å². The normalized spacial score (nSPS) is 25.9. The zero-order valence-electron chi connectivity index (χ0n) is 11.0. The van der Waals surface area contributed by atoms with Gasteiger partial charge in [0.2, 0.25) is 0 Å². The third kappa shape index (κ3) is 3.62. The first-order chi connectivity index (χ1) is 8.69. The molecule has 0 aliphatic heterocycles. The minimum atomic E-state index is -0.757. The minimum Gasteiger partial charge on any atom is -0.325 e. The van der Waals surface area contributed by atoms with E-state index in [0.717, 1.165) is 30.0 Å². The molecule has 3 unspecified atom stereocenters. The summed E-state index contributed by atoms with van der Waals surface area (Å²) in [5, 5.41) is 0.378. The molecule has 1 saturated carbocycles. The van der Waals surface area contributed by atoms with Crippen molar-refractivity contribution in [1.29, 1.82) is 0 Å². The first-order valence-electron chi connectivity index (χ1n) is 6.70. The van der Waals surface area contributed by atoms with Crippen molar-refractivity contribution in [3.05, 3.63) is 29.6 Å². The molecule has 3 atom stereocenters. The van der Waals surface area contributed by atoms with Crippen LogP contribution >= 0.6 is 0 Å². The predicted octanol–water partition coefficient (Wildman–Crippen LogP) is 2.37. The van der Waals surface area contributed by atoms with Crippen LogP contribution in [0.1, 0.15) is 43.9 Å². The van der Waals surface area contributed by atoms with Gasteiger partial charge >= 0.3 is 0 Å². The molecule has 1 aliphatic carbocycles. The van der Waals surface area contributed by atoms with E-state index in [-0.39, 0.29) is 0 Å². The molecule has 0 amide bonds. The molecule has 1 aliphatic rings. The average molecular weight is 266 g/mol. The molecular weight excluding hydrogens is 244 g/mol. The molecule has 1 heterocycles. The van der Waals surface area contributed by atoms with Gasteiger partial charge in [-0.2, -0.15) is 0 Å². The number of hydrogen-bond acceptors (Lipinski definition) is 3. The van der Waals surface area contributed by atoms with Crippen LogP contribution in [-0.2, 0) is 23.1 Å². The lowest BCUT2D eigenvalue weighted by Crippen LogP contribution is -2.24. The maximum atomic E-state index is 12.4. The van der Waals surface area contributed by atoms with Gasteiger partial charge in [-0.15, -0.1) is 0 Å². The van der Waals surface area contributed by atoms with Gasteiger partial charge in [-0.3, -0.25) is 9.19 Å². The Kier molecular flexibility index (Phi) is 4.89. The number of nitrogens with zero attached hydrogens (tertiary/aromatic N) is 1. The number of hydrogen-bond donors (Lipinski definition) is 1. The van der Waals surface area contributed by atoms with Crippen molar-refractivity contribution in [3.8, 4) is 0 Å². The van der Waals surface area contributed by atoms with Crippen molar-refractivity contribution in [3.63, 3.8) is 0 Å². The van der Waals surface area contributed by atoms with Crippen molar-refractivity contribution < 1.29 is 4.21 Å². The predicted molar refractivity (Wildman–Crippen MR) is 75.4 cm³/mol.